The molecule has 1 fully saturated rings. The predicted octanol–water partition coefficient (Wildman–Crippen LogP) is 3.29. The molecule has 39 heavy (non-hydrogen) atoms. The van der Waals surface area contributed by atoms with Gasteiger partial charge in [0.05, 0.1) is 7.11 Å². The number of hydrogen-bond donors (Lipinski definition) is 4. The number of rotatable bonds is 9. The largest absolute Gasteiger partial charge is 0.496 e. The highest BCUT2D eigenvalue weighted by Gasteiger charge is 2.26. The lowest BCUT2D eigenvalue weighted by molar-refractivity contribution is -0.132. The van der Waals surface area contributed by atoms with E-state index in [0.29, 0.717) is 25.2 Å². The van der Waals surface area contributed by atoms with Gasteiger partial charge in [-0.1, -0.05) is 0 Å². The quantitative estimate of drug-likeness (QED) is 0.245. The van der Waals surface area contributed by atoms with E-state index < -0.39 is 0 Å². The summed E-state index contributed by atoms with van der Waals surface area (Å²) in [7, 11) is 7.01. The number of H-pyrrole nitrogens is 1. The maximum absolute atomic E-state index is 13.0. The highest BCUT2D eigenvalue weighted by atomic mass is 16.5. The van der Waals surface area contributed by atoms with Gasteiger partial charge in [-0.3, -0.25) is 9.59 Å². The molecule has 4 rings (SSSR count). The monoisotopic (exact) mass is 533 g/mol. The van der Waals surface area contributed by atoms with Crippen molar-refractivity contribution >= 4 is 28.4 Å². The predicted molar refractivity (Wildman–Crippen MR) is 155 cm³/mol. The number of nitrogens with two attached hydrogens (primary N) is 2. The topological polar surface area (TPSA) is 133 Å². The molecule has 2 amide bonds. The SMILES string of the molecule is CNc1ccc(-c2cc(C3CCCN(C(=O)CCN(N)/C=C\N)C3)cc3[nH]c(C(=O)N(C)C)cc23)c(OC)c1. The summed E-state index contributed by atoms with van der Waals surface area (Å²) in [6.07, 6.45) is 5.10. The van der Waals surface area contributed by atoms with E-state index >= 15 is 0 Å². The van der Waals surface area contributed by atoms with Crippen LogP contribution in [0.3, 0.4) is 0 Å². The number of aromatic nitrogens is 1. The van der Waals surface area contributed by atoms with Gasteiger partial charge in [0.15, 0.2) is 0 Å². The number of nitrogens with zero attached hydrogens (tertiary/aromatic N) is 3. The van der Waals surface area contributed by atoms with Crippen LogP contribution in [0.25, 0.3) is 22.0 Å². The molecule has 2 heterocycles. The molecular formula is C29H39N7O3. The van der Waals surface area contributed by atoms with Gasteiger partial charge < -0.3 is 35.6 Å². The fraction of sp³-hybridized carbons (Fsp3) is 0.379. The lowest BCUT2D eigenvalue weighted by Crippen LogP contribution is -2.40. The first kappa shape index (κ1) is 27.8. The lowest BCUT2D eigenvalue weighted by Gasteiger charge is -2.33. The van der Waals surface area contributed by atoms with Gasteiger partial charge in [0.2, 0.25) is 5.91 Å². The highest BCUT2D eigenvalue weighted by Crippen LogP contribution is 2.40. The van der Waals surface area contributed by atoms with Crippen LogP contribution in [0.15, 0.2) is 48.8 Å². The lowest BCUT2D eigenvalue weighted by atomic mass is 9.87. The Balaban J connectivity index is 1.72. The number of methoxy groups -OCH3 is 1. The van der Waals surface area contributed by atoms with Gasteiger partial charge in [0.1, 0.15) is 11.4 Å². The minimum Gasteiger partial charge on any atom is -0.496 e. The molecule has 6 N–H and O–H groups in total. The first-order chi connectivity index (χ1) is 18.7. The summed E-state index contributed by atoms with van der Waals surface area (Å²) in [5.74, 6) is 6.71. The zero-order valence-corrected chi connectivity index (χ0v) is 23.2. The van der Waals surface area contributed by atoms with Crippen LogP contribution in [-0.2, 0) is 4.79 Å². The maximum Gasteiger partial charge on any atom is 0.269 e. The fourth-order valence-corrected chi connectivity index (χ4v) is 5.19. The first-order valence-corrected chi connectivity index (χ1v) is 13.2. The van der Waals surface area contributed by atoms with Crippen LogP contribution < -0.4 is 21.6 Å². The Labute approximate surface area is 229 Å². The molecule has 1 unspecified atom stereocenters. The fourth-order valence-electron chi connectivity index (χ4n) is 5.19. The number of hydrazine groups is 1. The first-order valence-electron chi connectivity index (χ1n) is 13.2. The number of ether oxygens (including phenoxy) is 1. The highest BCUT2D eigenvalue weighted by molar-refractivity contribution is 6.04. The summed E-state index contributed by atoms with van der Waals surface area (Å²) in [6, 6.07) is 12.2. The Kier molecular flexibility index (Phi) is 8.65. The van der Waals surface area contributed by atoms with Crippen LogP contribution in [-0.4, -0.2) is 79.5 Å². The standard InChI is InChI=1S/C29H39N7O3/c1-32-21-7-8-22(27(16-21)39-4)23-14-20(15-25-24(23)17-26(33-25)29(38)34(2)3)19-6-5-11-35(18-19)28(37)9-12-36(31)13-10-30/h7-8,10,13-17,19,32-33H,5-6,9,11-12,18,30-31H2,1-4H3/b13-10-. The van der Waals surface area contributed by atoms with Crippen molar-refractivity contribution in [3.8, 4) is 16.9 Å². The number of likely N-dealkylation sites (tertiary alicyclic amines) is 1. The second kappa shape index (κ2) is 12.1. The number of carbonyl (C=O) groups excluding carboxylic acids is 2. The molecule has 1 atom stereocenters. The Hall–Kier alpha value is -4.18. The molecule has 10 nitrogen and oxygen atoms in total. The van der Waals surface area contributed by atoms with E-state index in [9.17, 15) is 9.59 Å². The van der Waals surface area contributed by atoms with Crippen LogP contribution in [0.1, 0.15) is 41.2 Å². The molecule has 1 aromatic heterocycles. The number of fused-ring (bicyclic) bond motifs is 1. The summed E-state index contributed by atoms with van der Waals surface area (Å²) in [6.45, 7) is 1.75. The van der Waals surface area contributed by atoms with E-state index in [2.05, 4.69) is 22.4 Å². The average molecular weight is 534 g/mol. The van der Waals surface area contributed by atoms with E-state index in [0.717, 1.165) is 58.4 Å². The second-order valence-corrected chi connectivity index (χ2v) is 10.1. The number of amides is 2. The third-order valence-corrected chi connectivity index (χ3v) is 7.28. The molecular weight excluding hydrogens is 494 g/mol. The van der Waals surface area contributed by atoms with Crippen LogP contribution in [0.5, 0.6) is 5.75 Å². The summed E-state index contributed by atoms with van der Waals surface area (Å²) in [4.78, 5) is 32.6. The Bertz CT molecular complexity index is 1360. The molecule has 1 saturated heterocycles. The molecule has 0 saturated carbocycles. The van der Waals surface area contributed by atoms with E-state index in [-0.39, 0.29) is 17.7 Å². The molecule has 10 heteroatoms. The van der Waals surface area contributed by atoms with Crippen molar-refractivity contribution in [2.75, 3.05) is 53.2 Å². The maximum atomic E-state index is 13.0. The van der Waals surface area contributed by atoms with Crippen molar-refractivity contribution < 1.29 is 14.3 Å². The van der Waals surface area contributed by atoms with Crippen molar-refractivity contribution in [3.63, 3.8) is 0 Å². The van der Waals surface area contributed by atoms with Crippen LogP contribution in [0.4, 0.5) is 5.69 Å². The van der Waals surface area contributed by atoms with Crippen molar-refractivity contribution in [2.24, 2.45) is 11.6 Å². The summed E-state index contributed by atoms with van der Waals surface area (Å²) >= 11 is 0. The minimum absolute atomic E-state index is 0.0740. The van der Waals surface area contributed by atoms with E-state index in [1.54, 1.807) is 32.3 Å². The van der Waals surface area contributed by atoms with Crippen LogP contribution in [0, 0.1) is 0 Å². The molecule has 2 aromatic carbocycles. The molecule has 0 spiro atoms. The summed E-state index contributed by atoms with van der Waals surface area (Å²) in [5, 5.41) is 5.52. The number of anilines is 1. The van der Waals surface area contributed by atoms with E-state index in [1.807, 2.05) is 36.2 Å². The third kappa shape index (κ3) is 6.12. The number of benzene rings is 2. The van der Waals surface area contributed by atoms with Crippen molar-refractivity contribution in [1.82, 2.24) is 19.8 Å². The number of piperidine rings is 1. The number of hydrogen-bond acceptors (Lipinski definition) is 7. The van der Waals surface area contributed by atoms with E-state index in [1.165, 1.54) is 11.2 Å². The minimum atomic E-state index is -0.0935. The zero-order valence-electron chi connectivity index (χ0n) is 23.2. The zero-order chi connectivity index (χ0) is 28.1. The third-order valence-electron chi connectivity index (χ3n) is 7.28. The van der Waals surface area contributed by atoms with E-state index in [4.69, 9.17) is 16.3 Å². The van der Waals surface area contributed by atoms with Crippen LogP contribution >= 0.6 is 0 Å². The summed E-state index contributed by atoms with van der Waals surface area (Å²) < 4.78 is 5.78. The molecule has 0 aliphatic carbocycles. The Morgan fingerprint density at radius 1 is 1.21 bits per heavy atom. The molecule has 1 aliphatic heterocycles. The van der Waals surface area contributed by atoms with Crippen molar-refractivity contribution in [3.05, 3.63) is 60.1 Å². The molecule has 208 valence electrons. The van der Waals surface area contributed by atoms with Crippen molar-refractivity contribution in [2.45, 2.75) is 25.2 Å². The van der Waals surface area contributed by atoms with Gasteiger partial charge >= 0.3 is 0 Å². The number of aromatic amines is 1. The molecule has 1 aliphatic rings. The van der Waals surface area contributed by atoms with Gasteiger partial charge in [-0.05, 0) is 54.3 Å². The van der Waals surface area contributed by atoms with Gasteiger partial charge in [-0.25, -0.2) is 5.84 Å². The normalized spacial score (nSPS) is 15.5. The smallest absolute Gasteiger partial charge is 0.269 e. The Morgan fingerprint density at radius 3 is 2.69 bits per heavy atom. The van der Waals surface area contributed by atoms with Gasteiger partial charge in [-0.2, -0.15) is 0 Å². The molecule has 0 bridgehead atoms. The summed E-state index contributed by atoms with van der Waals surface area (Å²) in [5.41, 5.74) is 10.8. The van der Waals surface area contributed by atoms with Crippen molar-refractivity contribution in [1.29, 1.82) is 0 Å². The number of nitrogens with one attached hydrogen (secondary N) is 2. The Morgan fingerprint density at radius 2 is 2.00 bits per heavy atom. The van der Waals surface area contributed by atoms with Gasteiger partial charge in [-0.15, -0.1) is 0 Å². The van der Waals surface area contributed by atoms with Gasteiger partial charge in [0, 0.05) is 93.7 Å². The second-order valence-electron chi connectivity index (χ2n) is 10.1. The van der Waals surface area contributed by atoms with Crippen LogP contribution in [0.2, 0.25) is 0 Å². The molecule has 3 aromatic rings. The molecule has 0 radical (unpaired) electrons. The number of carbonyl (C=O) groups is 2. The van der Waals surface area contributed by atoms with Gasteiger partial charge in [0.25, 0.3) is 5.91 Å². The average Bonchev–Trinajstić information content (AvgIpc) is 3.39.